The van der Waals surface area contributed by atoms with Gasteiger partial charge in [-0.1, -0.05) is 6.42 Å². The predicted molar refractivity (Wildman–Crippen MR) is 63.1 cm³/mol. The lowest BCUT2D eigenvalue weighted by atomic mass is 9.84. The summed E-state index contributed by atoms with van der Waals surface area (Å²) in [5, 5.41) is 5.65. The molecule has 2 rings (SSSR count). The topological polar surface area (TPSA) is 12.0 Å². The maximum atomic E-state index is 3.42. The van der Waals surface area contributed by atoms with Crippen molar-refractivity contribution in [2.24, 2.45) is 0 Å². The highest BCUT2D eigenvalue weighted by atomic mass is 32.1. The molecule has 0 aliphatic heterocycles. The van der Waals surface area contributed by atoms with Crippen LogP contribution in [0.5, 0.6) is 0 Å². The van der Waals surface area contributed by atoms with Gasteiger partial charge in [0.1, 0.15) is 0 Å². The van der Waals surface area contributed by atoms with E-state index < -0.39 is 0 Å². The fourth-order valence-electron chi connectivity index (χ4n) is 2.49. The van der Waals surface area contributed by atoms with E-state index in [2.05, 4.69) is 30.7 Å². The molecule has 0 spiro atoms. The summed E-state index contributed by atoms with van der Waals surface area (Å²) in [7, 11) is 2.09. The normalized spacial score (nSPS) is 27.9. The highest BCUT2D eigenvalue weighted by Crippen LogP contribution is 2.37. The van der Waals surface area contributed by atoms with Crippen LogP contribution in [0.1, 0.15) is 42.0 Å². The SMILES string of the molecule is CNC1CCCC(c2sccc2C)C1. The minimum Gasteiger partial charge on any atom is -0.317 e. The van der Waals surface area contributed by atoms with Gasteiger partial charge in [-0.05, 0) is 56.2 Å². The van der Waals surface area contributed by atoms with Crippen LogP contribution in [0.4, 0.5) is 0 Å². The van der Waals surface area contributed by atoms with Crippen molar-refractivity contribution in [3.63, 3.8) is 0 Å². The average molecular weight is 209 g/mol. The van der Waals surface area contributed by atoms with Gasteiger partial charge >= 0.3 is 0 Å². The van der Waals surface area contributed by atoms with Gasteiger partial charge in [0.2, 0.25) is 0 Å². The molecule has 1 N–H and O–H groups in total. The van der Waals surface area contributed by atoms with E-state index >= 15 is 0 Å². The van der Waals surface area contributed by atoms with Gasteiger partial charge in [0.05, 0.1) is 0 Å². The van der Waals surface area contributed by atoms with E-state index in [1.165, 1.54) is 31.2 Å². The minimum absolute atomic E-state index is 0.746. The number of thiophene rings is 1. The molecule has 0 aromatic carbocycles. The molecule has 2 atom stereocenters. The highest BCUT2D eigenvalue weighted by molar-refractivity contribution is 7.10. The van der Waals surface area contributed by atoms with E-state index in [0.717, 1.165) is 12.0 Å². The van der Waals surface area contributed by atoms with Crippen LogP contribution < -0.4 is 5.32 Å². The van der Waals surface area contributed by atoms with Crippen molar-refractivity contribution in [2.45, 2.75) is 44.6 Å². The van der Waals surface area contributed by atoms with Gasteiger partial charge < -0.3 is 5.32 Å². The number of aryl methyl sites for hydroxylation is 1. The van der Waals surface area contributed by atoms with Crippen LogP contribution in [0, 0.1) is 6.92 Å². The van der Waals surface area contributed by atoms with Crippen molar-refractivity contribution < 1.29 is 0 Å². The largest absolute Gasteiger partial charge is 0.317 e. The molecular weight excluding hydrogens is 190 g/mol. The van der Waals surface area contributed by atoms with Crippen molar-refractivity contribution in [1.82, 2.24) is 5.32 Å². The second-order valence-electron chi connectivity index (χ2n) is 4.32. The number of rotatable bonds is 2. The summed E-state index contributed by atoms with van der Waals surface area (Å²) in [6.07, 6.45) is 5.46. The lowest BCUT2D eigenvalue weighted by Crippen LogP contribution is -2.30. The molecule has 2 unspecified atom stereocenters. The van der Waals surface area contributed by atoms with Crippen molar-refractivity contribution in [3.05, 3.63) is 21.9 Å². The molecule has 1 aliphatic rings. The average Bonchev–Trinajstić information content (AvgIpc) is 2.65. The summed E-state index contributed by atoms with van der Waals surface area (Å²) in [5.74, 6) is 0.821. The lowest BCUT2D eigenvalue weighted by Gasteiger charge is -2.28. The molecule has 78 valence electrons. The van der Waals surface area contributed by atoms with Gasteiger partial charge in [-0.2, -0.15) is 0 Å². The Morgan fingerprint density at radius 1 is 1.43 bits per heavy atom. The van der Waals surface area contributed by atoms with Crippen molar-refractivity contribution in [3.8, 4) is 0 Å². The van der Waals surface area contributed by atoms with Gasteiger partial charge in [-0.15, -0.1) is 11.3 Å². The quantitative estimate of drug-likeness (QED) is 0.788. The number of hydrogen-bond donors (Lipinski definition) is 1. The zero-order chi connectivity index (χ0) is 9.97. The van der Waals surface area contributed by atoms with E-state index in [4.69, 9.17) is 0 Å². The van der Waals surface area contributed by atoms with E-state index in [9.17, 15) is 0 Å². The molecule has 0 radical (unpaired) electrons. The first-order valence-corrected chi connectivity index (χ1v) is 6.40. The molecule has 0 amide bonds. The summed E-state index contributed by atoms with van der Waals surface area (Å²) in [6.45, 7) is 2.24. The first kappa shape index (κ1) is 10.2. The molecule has 0 bridgehead atoms. The van der Waals surface area contributed by atoms with Crippen LogP contribution >= 0.6 is 11.3 Å². The van der Waals surface area contributed by atoms with Crippen LogP contribution in [0.25, 0.3) is 0 Å². The van der Waals surface area contributed by atoms with E-state index in [-0.39, 0.29) is 0 Å². The minimum atomic E-state index is 0.746. The third-order valence-corrected chi connectivity index (χ3v) is 4.54. The third-order valence-electron chi connectivity index (χ3n) is 3.35. The van der Waals surface area contributed by atoms with Crippen LogP contribution in [0.15, 0.2) is 11.4 Å². The Morgan fingerprint density at radius 3 is 2.93 bits per heavy atom. The first-order chi connectivity index (χ1) is 6.81. The van der Waals surface area contributed by atoms with Gasteiger partial charge in [0.25, 0.3) is 0 Å². The van der Waals surface area contributed by atoms with Gasteiger partial charge in [0.15, 0.2) is 0 Å². The molecule has 1 nitrogen and oxygen atoms in total. The van der Waals surface area contributed by atoms with Crippen LogP contribution in [-0.2, 0) is 0 Å². The zero-order valence-corrected chi connectivity index (χ0v) is 9.86. The Bertz CT molecular complexity index is 292. The maximum Gasteiger partial charge on any atom is 0.0106 e. The fraction of sp³-hybridized carbons (Fsp3) is 0.667. The summed E-state index contributed by atoms with van der Waals surface area (Å²) >= 11 is 1.94. The maximum absolute atomic E-state index is 3.42. The van der Waals surface area contributed by atoms with E-state index in [0.29, 0.717) is 0 Å². The van der Waals surface area contributed by atoms with Crippen molar-refractivity contribution in [2.75, 3.05) is 7.05 Å². The number of nitrogens with one attached hydrogen (secondary N) is 1. The molecule has 1 aromatic rings. The highest BCUT2D eigenvalue weighted by Gasteiger charge is 2.23. The molecule has 0 saturated heterocycles. The predicted octanol–water partition coefficient (Wildman–Crippen LogP) is 3.30. The van der Waals surface area contributed by atoms with Crippen molar-refractivity contribution >= 4 is 11.3 Å². The summed E-state index contributed by atoms with van der Waals surface area (Å²) < 4.78 is 0. The lowest BCUT2D eigenvalue weighted by molar-refractivity contribution is 0.358. The standard InChI is InChI=1S/C12H19NS/c1-9-6-7-14-12(9)10-4-3-5-11(8-10)13-2/h6-7,10-11,13H,3-5,8H2,1-2H3. The molecule has 1 aliphatic carbocycles. The molecule has 14 heavy (non-hydrogen) atoms. The van der Waals surface area contributed by atoms with Gasteiger partial charge in [-0.25, -0.2) is 0 Å². The number of hydrogen-bond acceptors (Lipinski definition) is 2. The van der Waals surface area contributed by atoms with Crippen molar-refractivity contribution in [1.29, 1.82) is 0 Å². The third kappa shape index (κ3) is 2.01. The van der Waals surface area contributed by atoms with Crippen LogP contribution in [-0.4, -0.2) is 13.1 Å². The monoisotopic (exact) mass is 209 g/mol. The van der Waals surface area contributed by atoms with Gasteiger partial charge in [0, 0.05) is 10.9 Å². The van der Waals surface area contributed by atoms with Crippen LogP contribution in [0.2, 0.25) is 0 Å². The Hall–Kier alpha value is -0.340. The second kappa shape index (κ2) is 4.45. The molecular formula is C12H19NS. The summed E-state index contributed by atoms with van der Waals surface area (Å²) in [4.78, 5) is 1.63. The Morgan fingerprint density at radius 2 is 2.29 bits per heavy atom. The Kier molecular flexibility index (Phi) is 3.24. The fourth-order valence-corrected chi connectivity index (χ4v) is 3.57. The van der Waals surface area contributed by atoms with E-state index in [1.807, 2.05) is 11.3 Å². The molecule has 1 saturated carbocycles. The molecule has 2 heteroatoms. The molecule has 1 heterocycles. The molecule has 1 aromatic heterocycles. The zero-order valence-electron chi connectivity index (χ0n) is 9.05. The first-order valence-electron chi connectivity index (χ1n) is 5.52. The molecule has 1 fully saturated rings. The van der Waals surface area contributed by atoms with E-state index in [1.54, 1.807) is 4.88 Å². The smallest absolute Gasteiger partial charge is 0.0106 e. The summed E-state index contributed by atoms with van der Waals surface area (Å²) in [5.41, 5.74) is 1.50. The van der Waals surface area contributed by atoms with Gasteiger partial charge in [-0.3, -0.25) is 0 Å². The Labute approximate surface area is 90.5 Å². The van der Waals surface area contributed by atoms with Crippen LogP contribution in [0.3, 0.4) is 0 Å². The summed E-state index contributed by atoms with van der Waals surface area (Å²) in [6, 6.07) is 3.00. The second-order valence-corrected chi connectivity index (χ2v) is 5.26. The Balaban J connectivity index is 2.08.